The molecule has 2 aromatic rings. The van der Waals surface area contributed by atoms with Crippen molar-refractivity contribution < 1.29 is 4.74 Å². The summed E-state index contributed by atoms with van der Waals surface area (Å²) in [5.41, 5.74) is 2.15. The number of rotatable bonds is 5. The highest BCUT2D eigenvalue weighted by Gasteiger charge is 2.13. The number of imidazole rings is 1. The Morgan fingerprint density at radius 3 is 2.76 bits per heavy atom. The zero-order valence-electron chi connectivity index (χ0n) is 13.0. The van der Waals surface area contributed by atoms with E-state index in [-0.39, 0.29) is 5.54 Å². The second-order valence-corrected chi connectivity index (χ2v) is 6.44. The summed E-state index contributed by atoms with van der Waals surface area (Å²) >= 11 is 6.30. The van der Waals surface area contributed by atoms with E-state index in [1.54, 1.807) is 7.11 Å². The van der Waals surface area contributed by atoms with Gasteiger partial charge in [-0.2, -0.15) is 0 Å². The van der Waals surface area contributed by atoms with E-state index in [1.165, 1.54) is 0 Å². The monoisotopic (exact) mass is 307 g/mol. The molecule has 0 unspecified atom stereocenters. The zero-order valence-corrected chi connectivity index (χ0v) is 13.7. The number of ether oxygens (including phenoxy) is 1. The van der Waals surface area contributed by atoms with Crippen LogP contribution in [-0.2, 0) is 13.1 Å². The van der Waals surface area contributed by atoms with Crippen molar-refractivity contribution in [3.05, 3.63) is 47.0 Å². The summed E-state index contributed by atoms with van der Waals surface area (Å²) in [6.07, 6.45) is 3.70. The van der Waals surface area contributed by atoms with E-state index in [9.17, 15) is 0 Å². The lowest BCUT2D eigenvalue weighted by Gasteiger charge is -2.21. The van der Waals surface area contributed by atoms with Gasteiger partial charge in [0.2, 0.25) is 0 Å². The van der Waals surface area contributed by atoms with Crippen molar-refractivity contribution in [1.82, 2.24) is 14.9 Å². The van der Waals surface area contributed by atoms with E-state index in [4.69, 9.17) is 16.3 Å². The highest BCUT2D eigenvalue weighted by atomic mass is 35.5. The molecule has 0 fully saturated rings. The maximum Gasteiger partial charge on any atom is 0.125 e. The van der Waals surface area contributed by atoms with E-state index < -0.39 is 0 Å². The van der Waals surface area contributed by atoms with Gasteiger partial charge in [0.05, 0.1) is 25.7 Å². The van der Waals surface area contributed by atoms with Gasteiger partial charge in [0.15, 0.2) is 0 Å². The summed E-state index contributed by atoms with van der Waals surface area (Å²) in [6.45, 7) is 7.83. The van der Waals surface area contributed by atoms with Crippen LogP contribution in [0.1, 0.15) is 32.0 Å². The predicted octanol–water partition coefficient (Wildman–Crippen LogP) is 3.48. The number of halogens is 1. The van der Waals surface area contributed by atoms with E-state index in [0.717, 1.165) is 23.6 Å². The van der Waals surface area contributed by atoms with E-state index in [0.29, 0.717) is 11.6 Å². The van der Waals surface area contributed by atoms with E-state index in [2.05, 4.69) is 35.6 Å². The maximum atomic E-state index is 6.30. The SMILES string of the molecule is COc1cccc(Cl)c1Cn1cncc1CNC(C)(C)C. The average Bonchev–Trinajstić information content (AvgIpc) is 2.85. The lowest BCUT2D eigenvalue weighted by atomic mass is 10.1. The standard InChI is InChI=1S/C16H22ClN3O/c1-16(2,3)19-9-12-8-18-11-20(12)10-13-14(17)6-5-7-15(13)21-4/h5-8,11,19H,9-10H2,1-4H3. The summed E-state index contributed by atoms with van der Waals surface area (Å²) in [5.74, 6) is 0.797. The number of methoxy groups -OCH3 is 1. The first-order valence-electron chi connectivity index (χ1n) is 6.96. The Kier molecular flexibility index (Phi) is 4.91. The predicted molar refractivity (Wildman–Crippen MR) is 85.9 cm³/mol. The van der Waals surface area contributed by atoms with Crippen LogP contribution in [0.4, 0.5) is 0 Å². The molecule has 21 heavy (non-hydrogen) atoms. The van der Waals surface area contributed by atoms with Gasteiger partial charge >= 0.3 is 0 Å². The minimum Gasteiger partial charge on any atom is -0.496 e. The van der Waals surface area contributed by atoms with Gasteiger partial charge in [-0.1, -0.05) is 17.7 Å². The third-order valence-electron chi connectivity index (χ3n) is 3.22. The van der Waals surface area contributed by atoms with Crippen LogP contribution in [0.15, 0.2) is 30.7 Å². The van der Waals surface area contributed by atoms with Crippen LogP contribution < -0.4 is 10.1 Å². The van der Waals surface area contributed by atoms with Gasteiger partial charge in [0, 0.05) is 28.9 Å². The minimum absolute atomic E-state index is 0.0666. The molecular weight excluding hydrogens is 286 g/mol. The Bertz CT molecular complexity index is 602. The Hall–Kier alpha value is -1.52. The molecule has 2 rings (SSSR count). The summed E-state index contributed by atoms with van der Waals surface area (Å²) in [5, 5.41) is 4.17. The highest BCUT2D eigenvalue weighted by molar-refractivity contribution is 6.31. The first-order chi connectivity index (χ1) is 9.90. The van der Waals surface area contributed by atoms with Gasteiger partial charge in [-0.3, -0.25) is 0 Å². The van der Waals surface area contributed by atoms with Crippen LogP contribution in [0.3, 0.4) is 0 Å². The number of aromatic nitrogens is 2. The lowest BCUT2D eigenvalue weighted by Crippen LogP contribution is -2.35. The van der Waals surface area contributed by atoms with Crippen molar-refractivity contribution in [1.29, 1.82) is 0 Å². The van der Waals surface area contributed by atoms with E-state index >= 15 is 0 Å². The molecule has 0 saturated carbocycles. The number of benzene rings is 1. The Balaban J connectivity index is 2.20. The first kappa shape index (κ1) is 15.9. The molecule has 5 heteroatoms. The zero-order chi connectivity index (χ0) is 15.5. The molecule has 1 aromatic heterocycles. The van der Waals surface area contributed by atoms with Gasteiger partial charge in [0.1, 0.15) is 5.75 Å². The molecule has 0 radical (unpaired) electrons. The molecule has 0 atom stereocenters. The van der Waals surface area contributed by atoms with Crippen LogP contribution in [-0.4, -0.2) is 22.2 Å². The van der Waals surface area contributed by atoms with Crippen molar-refractivity contribution in [2.45, 2.75) is 39.4 Å². The molecule has 0 aliphatic carbocycles. The van der Waals surface area contributed by atoms with Crippen molar-refractivity contribution in [3.8, 4) is 5.75 Å². The molecule has 0 aliphatic rings. The molecule has 0 aliphatic heterocycles. The third kappa shape index (κ3) is 4.22. The third-order valence-corrected chi connectivity index (χ3v) is 3.58. The molecule has 0 spiro atoms. The first-order valence-corrected chi connectivity index (χ1v) is 7.34. The molecule has 0 saturated heterocycles. The molecule has 1 N–H and O–H groups in total. The normalized spacial score (nSPS) is 11.7. The Morgan fingerprint density at radius 1 is 1.33 bits per heavy atom. The van der Waals surface area contributed by atoms with Crippen LogP contribution in [0.5, 0.6) is 5.75 Å². The van der Waals surface area contributed by atoms with Crippen molar-refractivity contribution in [2.24, 2.45) is 0 Å². The largest absolute Gasteiger partial charge is 0.496 e. The minimum atomic E-state index is 0.0666. The summed E-state index contributed by atoms with van der Waals surface area (Å²) in [7, 11) is 1.66. The van der Waals surface area contributed by atoms with Crippen LogP contribution in [0.2, 0.25) is 5.02 Å². The molecule has 0 bridgehead atoms. The van der Waals surface area contributed by atoms with Crippen LogP contribution in [0, 0.1) is 0 Å². The average molecular weight is 308 g/mol. The van der Waals surface area contributed by atoms with Crippen LogP contribution >= 0.6 is 11.6 Å². The highest BCUT2D eigenvalue weighted by Crippen LogP contribution is 2.27. The second kappa shape index (κ2) is 6.50. The fourth-order valence-electron chi connectivity index (χ4n) is 2.05. The van der Waals surface area contributed by atoms with Gasteiger partial charge in [-0.25, -0.2) is 4.98 Å². The smallest absolute Gasteiger partial charge is 0.125 e. The summed E-state index contributed by atoms with van der Waals surface area (Å²) in [4.78, 5) is 4.24. The van der Waals surface area contributed by atoms with Gasteiger partial charge in [-0.15, -0.1) is 0 Å². The Labute approximate surface area is 131 Å². The van der Waals surface area contributed by atoms with Gasteiger partial charge in [-0.05, 0) is 32.9 Å². The molecule has 114 valence electrons. The number of hydrogen-bond donors (Lipinski definition) is 1. The lowest BCUT2D eigenvalue weighted by molar-refractivity contribution is 0.405. The number of nitrogens with zero attached hydrogens (tertiary/aromatic N) is 2. The van der Waals surface area contributed by atoms with Crippen molar-refractivity contribution >= 4 is 11.6 Å². The Morgan fingerprint density at radius 2 is 2.10 bits per heavy atom. The molecule has 4 nitrogen and oxygen atoms in total. The number of nitrogens with one attached hydrogen (secondary N) is 1. The summed E-state index contributed by atoms with van der Waals surface area (Å²) < 4.78 is 7.48. The van der Waals surface area contributed by atoms with Gasteiger partial charge in [0.25, 0.3) is 0 Å². The molecule has 1 aromatic carbocycles. The molecular formula is C16H22ClN3O. The fraction of sp³-hybridized carbons (Fsp3) is 0.438. The topological polar surface area (TPSA) is 39.1 Å². The van der Waals surface area contributed by atoms with E-state index in [1.807, 2.05) is 30.7 Å². The van der Waals surface area contributed by atoms with Crippen molar-refractivity contribution in [2.75, 3.05) is 7.11 Å². The van der Waals surface area contributed by atoms with Gasteiger partial charge < -0.3 is 14.6 Å². The molecule has 1 heterocycles. The quantitative estimate of drug-likeness (QED) is 0.919. The number of hydrogen-bond acceptors (Lipinski definition) is 3. The fourth-order valence-corrected chi connectivity index (χ4v) is 2.27. The maximum absolute atomic E-state index is 6.30. The second-order valence-electron chi connectivity index (χ2n) is 6.04. The summed E-state index contributed by atoms with van der Waals surface area (Å²) in [6, 6.07) is 5.69. The van der Waals surface area contributed by atoms with Crippen LogP contribution in [0.25, 0.3) is 0 Å². The van der Waals surface area contributed by atoms with Crippen molar-refractivity contribution in [3.63, 3.8) is 0 Å². The molecule has 0 amide bonds.